The smallest absolute Gasteiger partial charge is 0.229 e. The molecule has 222 valence electrons. The van der Waals surface area contributed by atoms with E-state index in [1.54, 1.807) is 0 Å². The van der Waals surface area contributed by atoms with Crippen molar-refractivity contribution in [1.29, 1.82) is 0 Å². The predicted octanol–water partition coefficient (Wildman–Crippen LogP) is -1.10. The largest absolute Gasteiger partial charge is 0.508 e. The number of hydrogen-bond acceptors (Lipinski definition) is 14. The second kappa shape index (κ2) is 11.5. The molecule has 5 rings (SSSR count). The molecule has 2 aromatic carbocycles. The first kappa shape index (κ1) is 29.2. The van der Waals surface area contributed by atoms with E-state index in [1.165, 1.54) is 43.3 Å². The fraction of sp³-hybridized carbons (Fsp3) is 0.444. The van der Waals surface area contributed by atoms with Gasteiger partial charge in [-0.1, -0.05) is 0 Å². The molecule has 14 heteroatoms. The summed E-state index contributed by atoms with van der Waals surface area (Å²) >= 11 is 0. The molecule has 2 aliphatic heterocycles. The van der Waals surface area contributed by atoms with Crippen LogP contribution in [0.3, 0.4) is 0 Å². The van der Waals surface area contributed by atoms with Gasteiger partial charge in [-0.2, -0.15) is 0 Å². The Morgan fingerprint density at radius 3 is 2.15 bits per heavy atom. The van der Waals surface area contributed by atoms with Crippen molar-refractivity contribution in [3.8, 4) is 28.6 Å². The first-order chi connectivity index (χ1) is 19.4. The number of phenols is 2. The molecule has 3 aromatic rings. The van der Waals surface area contributed by atoms with Crippen molar-refractivity contribution in [1.82, 2.24) is 0 Å². The van der Waals surface area contributed by atoms with Gasteiger partial charge in [0, 0.05) is 23.8 Å². The molecule has 0 bridgehead atoms. The topological polar surface area (TPSA) is 229 Å². The summed E-state index contributed by atoms with van der Waals surface area (Å²) in [7, 11) is 0. The molecular formula is C27H30O14. The van der Waals surface area contributed by atoms with Crippen molar-refractivity contribution in [3.05, 3.63) is 52.7 Å². The van der Waals surface area contributed by atoms with Crippen LogP contribution in [0.2, 0.25) is 0 Å². The highest BCUT2D eigenvalue weighted by molar-refractivity contribution is 5.86. The third-order valence-electron chi connectivity index (χ3n) is 7.09. The zero-order valence-corrected chi connectivity index (χ0v) is 21.5. The number of aliphatic hydroxyl groups excluding tert-OH is 6. The number of benzene rings is 2. The van der Waals surface area contributed by atoms with Gasteiger partial charge in [0.05, 0.1) is 12.7 Å². The Balaban J connectivity index is 1.35. The second-order valence-electron chi connectivity index (χ2n) is 9.98. The maximum absolute atomic E-state index is 12.7. The zero-order valence-electron chi connectivity index (χ0n) is 21.5. The molecule has 2 aliphatic rings. The van der Waals surface area contributed by atoms with Crippen LogP contribution in [0.1, 0.15) is 6.92 Å². The number of ether oxygens (including phenoxy) is 4. The Morgan fingerprint density at radius 1 is 0.780 bits per heavy atom. The van der Waals surface area contributed by atoms with Gasteiger partial charge in [-0.3, -0.25) is 4.79 Å². The minimum Gasteiger partial charge on any atom is -0.508 e. The van der Waals surface area contributed by atoms with E-state index in [-0.39, 0.29) is 28.2 Å². The van der Waals surface area contributed by atoms with E-state index in [1.807, 2.05) is 0 Å². The lowest BCUT2D eigenvalue weighted by molar-refractivity contribution is -0.318. The lowest BCUT2D eigenvalue weighted by Crippen LogP contribution is -2.61. The van der Waals surface area contributed by atoms with E-state index in [0.717, 1.165) is 6.07 Å². The molecule has 41 heavy (non-hydrogen) atoms. The second-order valence-corrected chi connectivity index (χ2v) is 9.98. The molecule has 2 saturated heterocycles. The van der Waals surface area contributed by atoms with Crippen LogP contribution >= 0.6 is 0 Å². The molecule has 0 aliphatic carbocycles. The van der Waals surface area contributed by atoms with Gasteiger partial charge in [0.1, 0.15) is 76.7 Å². The van der Waals surface area contributed by atoms with Gasteiger partial charge in [0.2, 0.25) is 6.29 Å². The average Bonchev–Trinajstić information content (AvgIpc) is 2.94. The van der Waals surface area contributed by atoms with Crippen LogP contribution < -0.4 is 10.2 Å². The first-order valence-corrected chi connectivity index (χ1v) is 12.7. The molecule has 4 unspecified atom stereocenters. The van der Waals surface area contributed by atoms with E-state index in [0.29, 0.717) is 5.56 Å². The Labute approximate surface area is 231 Å². The van der Waals surface area contributed by atoms with Crippen molar-refractivity contribution in [2.24, 2.45) is 0 Å². The molecule has 8 N–H and O–H groups in total. The number of fused-ring (bicyclic) bond motifs is 1. The van der Waals surface area contributed by atoms with Gasteiger partial charge in [-0.25, -0.2) is 0 Å². The van der Waals surface area contributed by atoms with Gasteiger partial charge in [0.25, 0.3) is 0 Å². The van der Waals surface area contributed by atoms with Gasteiger partial charge < -0.3 is 64.2 Å². The average molecular weight is 579 g/mol. The van der Waals surface area contributed by atoms with Crippen LogP contribution in [0.5, 0.6) is 17.2 Å². The molecule has 0 radical (unpaired) electrons. The summed E-state index contributed by atoms with van der Waals surface area (Å²) in [6.07, 6.45) is -14.9. The summed E-state index contributed by atoms with van der Waals surface area (Å²) < 4.78 is 27.9. The third-order valence-corrected chi connectivity index (χ3v) is 7.09. The van der Waals surface area contributed by atoms with Crippen LogP contribution in [-0.2, 0) is 14.2 Å². The molecule has 1 aromatic heterocycles. The van der Waals surface area contributed by atoms with E-state index < -0.39 is 79.2 Å². The van der Waals surface area contributed by atoms with Crippen molar-refractivity contribution in [2.75, 3.05) is 6.61 Å². The summed E-state index contributed by atoms with van der Waals surface area (Å²) in [5, 5.41) is 81.2. The molecule has 0 amide bonds. The van der Waals surface area contributed by atoms with Crippen molar-refractivity contribution in [2.45, 2.75) is 68.3 Å². The summed E-state index contributed by atoms with van der Waals surface area (Å²) in [6.45, 7) is 0.969. The van der Waals surface area contributed by atoms with Gasteiger partial charge in [-0.15, -0.1) is 0 Å². The van der Waals surface area contributed by atoms with Gasteiger partial charge >= 0.3 is 0 Å². The Kier molecular flexibility index (Phi) is 8.20. The van der Waals surface area contributed by atoms with E-state index in [2.05, 4.69) is 0 Å². The molecule has 14 nitrogen and oxygen atoms in total. The minimum atomic E-state index is -1.76. The van der Waals surface area contributed by atoms with Gasteiger partial charge in [0.15, 0.2) is 11.7 Å². The van der Waals surface area contributed by atoms with Crippen molar-refractivity contribution >= 4 is 11.0 Å². The van der Waals surface area contributed by atoms with Crippen LogP contribution in [-0.4, -0.2) is 109 Å². The number of aromatic hydroxyl groups is 2. The molecule has 0 saturated carbocycles. The van der Waals surface area contributed by atoms with E-state index in [9.17, 15) is 45.6 Å². The molecule has 3 heterocycles. The third kappa shape index (κ3) is 5.74. The molecule has 2 fully saturated rings. The number of hydrogen-bond donors (Lipinski definition) is 8. The Bertz CT molecular complexity index is 1420. The summed E-state index contributed by atoms with van der Waals surface area (Å²) in [6, 6.07) is 9.40. The minimum absolute atomic E-state index is 0.0145. The highest BCUT2D eigenvalue weighted by Gasteiger charge is 2.47. The Morgan fingerprint density at radius 2 is 1.44 bits per heavy atom. The fourth-order valence-corrected chi connectivity index (χ4v) is 4.71. The SMILES string of the molecule is CC1O[C@@H](OCC2O[C@@H](Oc3cc(O)c4c(=O)cc(-c5ccc(O)cc5)oc4c3)C(O)[C@@H](O)[C@@H]2O)[C@@H](O)C(O)[C@H]1O. The van der Waals surface area contributed by atoms with Crippen LogP contribution in [0.25, 0.3) is 22.3 Å². The van der Waals surface area contributed by atoms with E-state index in [4.69, 9.17) is 23.4 Å². The summed E-state index contributed by atoms with van der Waals surface area (Å²) in [5.41, 5.74) is -0.149. The maximum atomic E-state index is 12.7. The van der Waals surface area contributed by atoms with E-state index >= 15 is 0 Å². The summed E-state index contributed by atoms with van der Waals surface area (Å²) in [4.78, 5) is 12.7. The lowest BCUT2D eigenvalue weighted by atomic mass is 9.98. The highest BCUT2D eigenvalue weighted by Crippen LogP contribution is 2.34. The number of aliphatic hydroxyl groups is 6. The maximum Gasteiger partial charge on any atom is 0.229 e. The van der Waals surface area contributed by atoms with Crippen LogP contribution in [0, 0.1) is 0 Å². The quantitative estimate of drug-likeness (QED) is 0.174. The zero-order chi connectivity index (χ0) is 29.6. The van der Waals surface area contributed by atoms with Crippen LogP contribution in [0.15, 0.2) is 51.7 Å². The highest BCUT2D eigenvalue weighted by atomic mass is 16.7. The normalized spacial score (nSPS) is 34.0. The Hall–Kier alpha value is -3.31. The molecule has 10 atom stereocenters. The molecular weight excluding hydrogens is 548 g/mol. The van der Waals surface area contributed by atoms with Gasteiger partial charge in [-0.05, 0) is 31.2 Å². The number of rotatable bonds is 6. The standard InChI is InChI=1S/C27H30O14/c1-10-20(31)22(33)24(35)26(38-10)37-9-18-21(32)23(34)25(36)27(41-18)39-13-6-14(29)19-15(30)8-16(40-17(19)7-13)11-2-4-12(28)5-3-11/h2-8,10,18,20-29,31-36H,9H2,1H3/t10?,18?,20-,21+,22?,23-,24-,25?,26+,27+/m0/s1. The fourth-order valence-electron chi connectivity index (χ4n) is 4.71. The van der Waals surface area contributed by atoms with Crippen molar-refractivity contribution < 1.29 is 64.2 Å². The van der Waals surface area contributed by atoms with Crippen molar-refractivity contribution in [3.63, 3.8) is 0 Å². The lowest BCUT2D eigenvalue weighted by Gasteiger charge is -2.42. The summed E-state index contributed by atoms with van der Waals surface area (Å²) in [5.74, 6) is -0.457. The predicted molar refractivity (Wildman–Crippen MR) is 137 cm³/mol. The monoisotopic (exact) mass is 578 g/mol. The number of phenolic OH excluding ortho intramolecular Hbond substituents is 2. The van der Waals surface area contributed by atoms with Crippen LogP contribution in [0.4, 0.5) is 0 Å². The first-order valence-electron chi connectivity index (χ1n) is 12.7. The molecule has 0 spiro atoms.